The van der Waals surface area contributed by atoms with Gasteiger partial charge >= 0.3 is 0 Å². The molecule has 0 spiro atoms. The van der Waals surface area contributed by atoms with E-state index >= 15 is 0 Å². The summed E-state index contributed by atoms with van der Waals surface area (Å²) >= 11 is 2.00. The quantitative estimate of drug-likeness (QED) is 0.792. The SMILES string of the molecule is Cc1ccc(C(=O)C(C)N2CCSC(C)(C)C2)cc1C. The maximum absolute atomic E-state index is 12.7. The number of aryl methyl sites for hydroxylation is 2. The van der Waals surface area contributed by atoms with Crippen LogP contribution in [0.5, 0.6) is 0 Å². The summed E-state index contributed by atoms with van der Waals surface area (Å²) in [7, 11) is 0. The summed E-state index contributed by atoms with van der Waals surface area (Å²) in [5, 5.41) is 0. The Kier molecular flexibility index (Phi) is 4.60. The molecule has 0 amide bonds. The van der Waals surface area contributed by atoms with Gasteiger partial charge in [0.25, 0.3) is 0 Å². The van der Waals surface area contributed by atoms with Gasteiger partial charge in [-0.25, -0.2) is 0 Å². The van der Waals surface area contributed by atoms with Crippen LogP contribution < -0.4 is 0 Å². The van der Waals surface area contributed by atoms with Crippen LogP contribution in [0.15, 0.2) is 18.2 Å². The Labute approximate surface area is 126 Å². The fraction of sp³-hybridized carbons (Fsp3) is 0.588. The summed E-state index contributed by atoms with van der Waals surface area (Å²) in [5.74, 6) is 1.35. The van der Waals surface area contributed by atoms with Crippen LogP contribution >= 0.6 is 11.8 Å². The van der Waals surface area contributed by atoms with E-state index in [0.717, 1.165) is 24.4 Å². The minimum Gasteiger partial charge on any atom is -0.292 e. The molecule has 1 atom stereocenters. The highest BCUT2D eigenvalue weighted by atomic mass is 32.2. The first-order valence-electron chi connectivity index (χ1n) is 7.30. The molecule has 1 fully saturated rings. The zero-order valence-corrected chi connectivity index (χ0v) is 14.0. The first-order chi connectivity index (χ1) is 9.30. The molecule has 2 rings (SSSR count). The van der Waals surface area contributed by atoms with E-state index in [9.17, 15) is 4.79 Å². The average Bonchev–Trinajstić information content (AvgIpc) is 2.39. The van der Waals surface area contributed by atoms with Gasteiger partial charge in [-0.05, 0) is 51.8 Å². The smallest absolute Gasteiger partial charge is 0.179 e. The number of ketones is 1. The van der Waals surface area contributed by atoms with Crippen molar-refractivity contribution in [1.82, 2.24) is 4.90 Å². The number of rotatable bonds is 3. The van der Waals surface area contributed by atoms with Gasteiger partial charge in [0.2, 0.25) is 0 Å². The summed E-state index contributed by atoms with van der Waals surface area (Å²) in [6.45, 7) is 12.7. The minimum absolute atomic E-state index is 0.0303. The predicted octanol–water partition coefficient (Wildman–Crippen LogP) is 3.70. The van der Waals surface area contributed by atoms with Crippen molar-refractivity contribution in [1.29, 1.82) is 0 Å². The Hall–Kier alpha value is -0.800. The van der Waals surface area contributed by atoms with Crippen molar-refractivity contribution in [3.8, 4) is 0 Å². The second kappa shape index (κ2) is 5.90. The van der Waals surface area contributed by atoms with Crippen molar-refractivity contribution < 1.29 is 4.79 Å². The van der Waals surface area contributed by atoms with E-state index in [4.69, 9.17) is 0 Å². The lowest BCUT2D eigenvalue weighted by Gasteiger charge is -2.40. The Morgan fingerprint density at radius 1 is 1.30 bits per heavy atom. The minimum atomic E-state index is -0.0303. The number of hydrogen-bond donors (Lipinski definition) is 0. The van der Waals surface area contributed by atoms with Gasteiger partial charge in [-0.15, -0.1) is 0 Å². The fourth-order valence-electron chi connectivity index (χ4n) is 2.69. The Morgan fingerprint density at radius 2 is 2.00 bits per heavy atom. The topological polar surface area (TPSA) is 20.3 Å². The Morgan fingerprint density at radius 3 is 2.60 bits per heavy atom. The van der Waals surface area contributed by atoms with E-state index < -0.39 is 0 Å². The van der Waals surface area contributed by atoms with E-state index in [1.807, 2.05) is 36.9 Å². The molecule has 0 aliphatic carbocycles. The molecule has 1 aliphatic rings. The second-order valence-electron chi connectivity index (χ2n) is 6.42. The van der Waals surface area contributed by atoms with Crippen molar-refractivity contribution in [3.05, 3.63) is 34.9 Å². The lowest BCUT2D eigenvalue weighted by Crippen LogP contribution is -2.49. The maximum atomic E-state index is 12.7. The molecule has 1 aliphatic heterocycles. The van der Waals surface area contributed by atoms with Crippen molar-refractivity contribution >= 4 is 17.5 Å². The van der Waals surface area contributed by atoms with E-state index in [-0.39, 0.29) is 16.6 Å². The van der Waals surface area contributed by atoms with E-state index in [0.29, 0.717) is 0 Å². The molecule has 2 nitrogen and oxygen atoms in total. The first kappa shape index (κ1) is 15.6. The Bertz CT molecular complexity index is 510. The van der Waals surface area contributed by atoms with Crippen molar-refractivity contribution in [3.63, 3.8) is 0 Å². The van der Waals surface area contributed by atoms with Crippen molar-refractivity contribution in [2.75, 3.05) is 18.8 Å². The van der Waals surface area contributed by atoms with Crippen molar-refractivity contribution in [2.45, 2.75) is 45.4 Å². The molecule has 0 saturated carbocycles. The number of carbonyl (C=O) groups excluding carboxylic acids is 1. The van der Waals surface area contributed by atoms with Crippen LogP contribution in [-0.2, 0) is 0 Å². The van der Waals surface area contributed by atoms with Gasteiger partial charge < -0.3 is 0 Å². The van der Waals surface area contributed by atoms with Gasteiger partial charge in [0.1, 0.15) is 0 Å². The molecular weight excluding hydrogens is 266 g/mol. The maximum Gasteiger partial charge on any atom is 0.179 e. The zero-order chi connectivity index (χ0) is 14.9. The standard InChI is InChI=1S/C17H25NOS/c1-12-6-7-15(10-13(12)2)16(19)14(3)18-8-9-20-17(4,5)11-18/h6-7,10,14H,8-9,11H2,1-5H3. The van der Waals surface area contributed by atoms with Gasteiger partial charge in [-0.2, -0.15) is 11.8 Å². The summed E-state index contributed by atoms with van der Waals surface area (Å²) < 4.78 is 0.246. The number of thioether (sulfide) groups is 1. The van der Waals surface area contributed by atoms with Gasteiger partial charge in [-0.3, -0.25) is 9.69 Å². The van der Waals surface area contributed by atoms with Crippen LogP contribution in [0, 0.1) is 13.8 Å². The lowest BCUT2D eigenvalue weighted by atomic mass is 9.99. The highest BCUT2D eigenvalue weighted by molar-refractivity contribution is 8.00. The van der Waals surface area contributed by atoms with E-state index in [2.05, 4.69) is 32.6 Å². The van der Waals surface area contributed by atoms with Crippen LogP contribution in [0.3, 0.4) is 0 Å². The molecule has 1 aromatic carbocycles. The van der Waals surface area contributed by atoms with Gasteiger partial charge in [0.05, 0.1) is 6.04 Å². The molecule has 1 heterocycles. The molecule has 20 heavy (non-hydrogen) atoms. The number of benzene rings is 1. The number of Topliss-reactive ketones (excluding diaryl/α,β-unsaturated/α-hetero) is 1. The summed E-state index contributed by atoms with van der Waals surface area (Å²) in [4.78, 5) is 15.0. The fourth-order valence-corrected chi connectivity index (χ4v) is 3.82. The first-order valence-corrected chi connectivity index (χ1v) is 8.28. The third kappa shape index (κ3) is 3.44. The number of carbonyl (C=O) groups is 1. The molecule has 1 aromatic rings. The van der Waals surface area contributed by atoms with E-state index in [1.165, 1.54) is 11.1 Å². The van der Waals surface area contributed by atoms with Gasteiger partial charge in [0.15, 0.2) is 5.78 Å². The van der Waals surface area contributed by atoms with Crippen LogP contribution in [-0.4, -0.2) is 40.3 Å². The largest absolute Gasteiger partial charge is 0.292 e. The third-order valence-electron chi connectivity index (χ3n) is 4.17. The van der Waals surface area contributed by atoms with E-state index in [1.54, 1.807) is 0 Å². The van der Waals surface area contributed by atoms with Crippen LogP contribution in [0.2, 0.25) is 0 Å². The molecule has 0 radical (unpaired) electrons. The molecule has 0 N–H and O–H groups in total. The monoisotopic (exact) mass is 291 g/mol. The predicted molar refractivity (Wildman–Crippen MR) is 87.8 cm³/mol. The van der Waals surface area contributed by atoms with Crippen LogP contribution in [0.1, 0.15) is 42.3 Å². The lowest BCUT2D eigenvalue weighted by molar-refractivity contribution is 0.0832. The average molecular weight is 291 g/mol. The summed E-state index contributed by atoms with van der Waals surface area (Å²) in [6.07, 6.45) is 0. The zero-order valence-electron chi connectivity index (χ0n) is 13.2. The molecule has 1 saturated heterocycles. The molecule has 0 aromatic heterocycles. The number of nitrogens with zero attached hydrogens (tertiary/aromatic N) is 1. The third-order valence-corrected chi connectivity index (χ3v) is 5.47. The van der Waals surface area contributed by atoms with Crippen LogP contribution in [0.4, 0.5) is 0 Å². The van der Waals surface area contributed by atoms with Gasteiger partial charge in [-0.1, -0.05) is 12.1 Å². The summed E-state index contributed by atoms with van der Waals surface area (Å²) in [5.41, 5.74) is 3.28. The molecule has 1 unspecified atom stereocenters. The molecular formula is C17H25NOS. The number of hydrogen-bond acceptors (Lipinski definition) is 3. The normalized spacial score (nSPS) is 20.6. The Balaban J connectivity index is 2.13. The highest BCUT2D eigenvalue weighted by Gasteiger charge is 2.32. The summed E-state index contributed by atoms with van der Waals surface area (Å²) in [6, 6.07) is 6.01. The highest BCUT2D eigenvalue weighted by Crippen LogP contribution is 2.30. The van der Waals surface area contributed by atoms with Gasteiger partial charge in [0, 0.05) is 29.2 Å². The van der Waals surface area contributed by atoms with Crippen molar-refractivity contribution in [2.24, 2.45) is 0 Å². The molecule has 110 valence electrons. The van der Waals surface area contributed by atoms with Crippen LogP contribution in [0.25, 0.3) is 0 Å². The molecule has 3 heteroatoms. The molecule has 0 bridgehead atoms. The second-order valence-corrected chi connectivity index (χ2v) is 8.22.